The van der Waals surface area contributed by atoms with E-state index in [1.807, 2.05) is 0 Å². The molecule has 156 valence electrons. The van der Waals surface area contributed by atoms with E-state index in [0.29, 0.717) is 5.03 Å². The molecule has 3 rings (SSSR count). The first kappa shape index (κ1) is 21.7. The maximum atomic E-state index is 12.8. The molecule has 3 aromatic rings. The van der Waals surface area contributed by atoms with Crippen LogP contribution in [0.5, 0.6) is 0 Å². The van der Waals surface area contributed by atoms with Gasteiger partial charge in [-0.3, -0.25) is 9.59 Å². The second-order valence-corrected chi connectivity index (χ2v) is 7.12. The number of thioether (sulfide) groups is 1. The van der Waals surface area contributed by atoms with E-state index in [9.17, 15) is 22.8 Å². The van der Waals surface area contributed by atoms with Crippen molar-refractivity contribution in [1.29, 1.82) is 0 Å². The van der Waals surface area contributed by atoms with Gasteiger partial charge in [-0.1, -0.05) is 23.4 Å². The smallest absolute Gasteiger partial charge is 0.416 e. The molecule has 0 fully saturated rings. The van der Waals surface area contributed by atoms with Crippen LogP contribution in [0.4, 0.5) is 24.7 Å². The van der Waals surface area contributed by atoms with Crippen LogP contribution in [0.1, 0.15) is 16.1 Å². The molecule has 0 atom stereocenters. The van der Waals surface area contributed by atoms with Gasteiger partial charge in [0.05, 0.1) is 28.3 Å². The van der Waals surface area contributed by atoms with Crippen LogP contribution in [-0.2, 0) is 11.0 Å². The molecule has 2 aromatic heterocycles. The van der Waals surface area contributed by atoms with E-state index in [-0.39, 0.29) is 28.0 Å². The molecule has 2 N–H and O–H groups in total. The maximum Gasteiger partial charge on any atom is 0.416 e. The zero-order valence-corrected chi connectivity index (χ0v) is 16.4. The summed E-state index contributed by atoms with van der Waals surface area (Å²) in [6.45, 7) is 0. The molecule has 0 saturated heterocycles. The number of anilines is 2. The highest BCUT2D eigenvalue weighted by Crippen LogP contribution is 2.33. The van der Waals surface area contributed by atoms with Crippen LogP contribution in [0, 0.1) is 0 Å². The third-order valence-electron chi connectivity index (χ3n) is 3.55. The Bertz CT molecular complexity index is 1040. The fourth-order valence-electron chi connectivity index (χ4n) is 2.17. The Morgan fingerprint density at radius 2 is 1.90 bits per heavy atom. The number of halogens is 4. The summed E-state index contributed by atoms with van der Waals surface area (Å²) in [5.74, 6) is -0.911. The van der Waals surface area contributed by atoms with Crippen molar-refractivity contribution in [2.24, 2.45) is 0 Å². The van der Waals surface area contributed by atoms with Crippen molar-refractivity contribution in [3.63, 3.8) is 0 Å². The second kappa shape index (κ2) is 9.18. The van der Waals surface area contributed by atoms with Gasteiger partial charge in [0.1, 0.15) is 5.03 Å². The summed E-state index contributed by atoms with van der Waals surface area (Å²) in [6.07, 6.45) is -3.19. The van der Waals surface area contributed by atoms with Gasteiger partial charge in [-0.2, -0.15) is 13.2 Å². The van der Waals surface area contributed by atoms with E-state index in [4.69, 9.17) is 16.0 Å². The van der Waals surface area contributed by atoms with E-state index in [1.165, 1.54) is 24.5 Å². The van der Waals surface area contributed by atoms with Crippen molar-refractivity contribution < 1.29 is 27.2 Å². The molecule has 0 radical (unpaired) electrons. The average molecular weight is 457 g/mol. The number of furan rings is 1. The molecular weight excluding hydrogens is 445 g/mol. The summed E-state index contributed by atoms with van der Waals surface area (Å²) in [5, 5.41) is 12.9. The third kappa shape index (κ3) is 5.74. The molecule has 0 aliphatic rings. The number of nitrogens with one attached hydrogen (secondary N) is 2. The fraction of sp³-hybridized carbons (Fsp3) is 0.111. The molecule has 30 heavy (non-hydrogen) atoms. The number of carbonyl (C=O) groups is 2. The number of rotatable bonds is 6. The summed E-state index contributed by atoms with van der Waals surface area (Å²) in [6, 6.07) is 8.72. The number of hydrogen-bond donors (Lipinski definition) is 2. The molecule has 12 heteroatoms. The number of benzene rings is 1. The quantitative estimate of drug-likeness (QED) is 0.521. The highest BCUT2D eigenvalue weighted by atomic mass is 35.5. The van der Waals surface area contributed by atoms with E-state index in [0.717, 1.165) is 30.0 Å². The molecular formula is C18H12ClF3N4O3S. The Morgan fingerprint density at radius 3 is 2.53 bits per heavy atom. The highest BCUT2D eigenvalue weighted by Gasteiger charge is 2.31. The third-order valence-corrected chi connectivity index (χ3v) is 4.80. The Balaban J connectivity index is 1.54. The van der Waals surface area contributed by atoms with Gasteiger partial charge in [-0.25, -0.2) is 0 Å². The second-order valence-electron chi connectivity index (χ2n) is 5.72. The van der Waals surface area contributed by atoms with Crippen molar-refractivity contribution in [3.8, 4) is 0 Å². The first-order chi connectivity index (χ1) is 14.2. The Kier molecular flexibility index (Phi) is 6.63. The first-order valence-electron chi connectivity index (χ1n) is 8.20. The summed E-state index contributed by atoms with van der Waals surface area (Å²) >= 11 is 6.86. The van der Waals surface area contributed by atoms with Crippen molar-refractivity contribution in [3.05, 3.63) is 65.1 Å². The van der Waals surface area contributed by atoms with Crippen LogP contribution < -0.4 is 10.6 Å². The molecule has 1 aromatic carbocycles. The van der Waals surface area contributed by atoms with Gasteiger partial charge in [-0.15, -0.1) is 10.2 Å². The number of alkyl halides is 3. The van der Waals surface area contributed by atoms with Gasteiger partial charge in [0, 0.05) is 0 Å². The zero-order chi connectivity index (χ0) is 21.7. The van der Waals surface area contributed by atoms with Gasteiger partial charge in [-0.05, 0) is 42.5 Å². The van der Waals surface area contributed by atoms with Crippen LogP contribution >= 0.6 is 23.4 Å². The monoisotopic (exact) mass is 456 g/mol. The summed E-state index contributed by atoms with van der Waals surface area (Å²) in [7, 11) is 0. The normalized spacial score (nSPS) is 11.2. The minimum atomic E-state index is -4.55. The summed E-state index contributed by atoms with van der Waals surface area (Å²) in [4.78, 5) is 23.9. The summed E-state index contributed by atoms with van der Waals surface area (Å²) < 4.78 is 43.3. The lowest BCUT2D eigenvalue weighted by Gasteiger charge is -2.11. The molecule has 0 saturated carbocycles. The molecule has 0 unspecified atom stereocenters. The molecule has 7 nitrogen and oxygen atoms in total. The predicted octanol–water partition coefficient (Wildman–Crippen LogP) is 4.72. The fourth-order valence-corrected chi connectivity index (χ4v) is 2.95. The maximum absolute atomic E-state index is 12.8. The van der Waals surface area contributed by atoms with Crippen LogP contribution in [0.15, 0.2) is 58.2 Å². The van der Waals surface area contributed by atoms with Crippen molar-refractivity contribution in [2.75, 3.05) is 16.4 Å². The van der Waals surface area contributed by atoms with Crippen LogP contribution in [-0.4, -0.2) is 27.8 Å². The lowest BCUT2D eigenvalue weighted by Crippen LogP contribution is -2.16. The number of hydrogen-bond acceptors (Lipinski definition) is 6. The minimum Gasteiger partial charge on any atom is -0.459 e. The van der Waals surface area contributed by atoms with Gasteiger partial charge >= 0.3 is 6.18 Å². The zero-order valence-electron chi connectivity index (χ0n) is 14.9. The van der Waals surface area contributed by atoms with Crippen LogP contribution in [0.2, 0.25) is 5.02 Å². The largest absolute Gasteiger partial charge is 0.459 e. The van der Waals surface area contributed by atoms with Crippen molar-refractivity contribution in [1.82, 2.24) is 10.2 Å². The van der Waals surface area contributed by atoms with E-state index in [2.05, 4.69) is 20.8 Å². The Hall–Kier alpha value is -3.05. The van der Waals surface area contributed by atoms with E-state index in [1.54, 1.807) is 6.07 Å². The number of aromatic nitrogens is 2. The lowest BCUT2D eigenvalue weighted by atomic mass is 10.2. The van der Waals surface area contributed by atoms with Gasteiger partial charge < -0.3 is 15.1 Å². The average Bonchev–Trinajstić information content (AvgIpc) is 3.23. The topological polar surface area (TPSA) is 97.1 Å². The first-order valence-corrected chi connectivity index (χ1v) is 9.57. The molecule has 2 heterocycles. The molecule has 0 aliphatic carbocycles. The van der Waals surface area contributed by atoms with Gasteiger partial charge in [0.2, 0.25) is 5.91 Å². The molecule has 0 spiro atoms. The van der Waals surface area contributed by atoms with Crippen LogP contribution in [0.3, 0.4) is 0 Å². The van der Waals surface area contributed by atoms with Gasteiger partial charge in [0.25, 0.3) is 5.91 Å². The van der Waals surface area contributed by atoms with E-state index >= 15 is 0 Å². The lowest BCUT2D eigenvalue weighted by molar-refractivity contribution is -0.137. The molecule has 0 bridgehead atoms. The number of nitrogens with zero attached hydrogens (tertiary/aromatic N) is 2. The van der Waals surface area contributed by atoms with Crippen molar-refractivity contribution >= 4 is 46.7 Å². The van der Waals surface area contributed by atoms with E-state index < -0.39 is 23.6 Å². The predicted molar refractivity (Wildman–Crippen MR) is 105 cm³/mol. The Labute approximate surface area is 177 Å². The van der Waals surface area contributed by atoms with Gasteiger partial charge in [0.15, 0.2) is 11.6 Å². The highest BCUT2D eigenvalue weighted by molar-refractivity contribution is 7.99. The number of amides is 2. The number of carbonyl (C=O) groups excluding carboxylic acids is 2. The SMILES string of the molecule is O=C(CSc1ccc(NC(=O)c2ccco2)nn1)Nc1cc(C(F)(F)F)ccc1Cl. The molecule has 0 aliphatic heterocycles. The van der Waals surface area contributed by atoms with Crippen LogP contribution in [0.25, 0.3) is 0 Å². The summed E-state index contributed by atoms with van der Waals surface area (Å²) in [5.41, 5.74) is -1.06. The standard InChI is InChI=1S/C18H12ClF3N4O3S/c19-11-4-3-10(18(20,21)22)8-12(11)23-15(27)9-30-16-6-5-14(25-26-16)24-17(28)13-2-1-7-29-13/h1-8H,9H2,(H,23,27)(H,24,25,28). The van der Waals surface area contributed by atoms with Crippen molar-refractivity contribution in [2.45, 2.75) is 11.2 Å². The Morgan fingerprint density at radius 1 is 1.10 bits per heavy atom. The minimum absolute atomic E-state index is 0.0159. The molecule has 2 amide bonds.